The second kappa shape index (κ2) is 17.4. The van der Waals surface area contributed by atoms with Crippen LogP contribution in [0.5, 0.6) is 0 Å². The summed E-state index contributed by atoms with van der Waals surface area (Å²) in [4.78, 5) is 53.9. The quantitative estimate of drug-likeness (QED) is 0.0892. The van der Waals surface area contributed by atoms with Crippen molar-refractivity contribution in [1.82, 2.24) is 10.2 Å². The van der Waals surface area contributed by atoms with E-state index < -0.39 is 97.4 Å². The average molecular weight is 1250 g/mol. The topological polar surface area (TPSA) is 181 Å². The molecule has 1 aromatic carbocycles. The van der Waals surface area contributed by atoms with Gasteiger partial charge in [-0.15, -0.1) is 0 Å². The molecule has 10 saturated carbocycles. The van der Waals surface area contributed by atoms with Gasteiger partial charge in [0, 0.05) is 46.7 Å². The lowest BCUT2D eigenvalue weighted by Crippen LogP contribution is -2.85. The van der Waals surface area contributed by atoms with Crippen LogP contribution in [0, 0.1) is 139 Å². The Morgan fingerprint density at radius 1 is 0.902 bits per heavy atom. The van der Waals surface area contributed by atoms with Gasteiger partial charge in [0.2, 0.25) is 0 Å². The number of esters is 2. The first-order chi connectivity index (χ1) is 44.6. The number of furan rings is 1. The van der Waals surface area contributed by atoms with Gasteiger partial charge in [-0.05, 0) is 234 Å². The molecule has 8 heterocycles. The number of ketones is 1. The molecule has 13 heteroatoms. The maximum absolute atomic E-state index is 17.7. The van der Waals surface area contributed by atoms with Crippen molar-refractivity contribution in [1.29, 1.82) is 0 Å². The van der Waals surface area contributed by atoms with Crippen LogP contribution in [-0.4, -0.2) is 106 Å². The third-order valence-electron chi connectivity index (χ3n) is 34.1. The van der Waals surface area contributed by atoms with E-state index in [0.717, 1.165) is 95.0 Å². The van der Waals surface area contributed by atoms with Crippen LogP contribution in [0.2, 0.25) is 0 Å². The Labute approximate surface area is 540 Å². The zero-order valence-corrected chi connectivity index (χ0v) is 53.8. The van der Waals surface area contributed by atoms with Gasteiger partial charge >= 0.3 is 11.9 Å². The normalized spacial score (nSPS) is 55.2. The second-order valence-corrected chi connectivity index (χ2v) is 35.6. The fourth-order valence-electron chi connectivity index (χ4n) is 32.5. The van der Waals surface area contributed by atoms with Crippen LogP contribution in [0.15, 0.2) is 77.1 Å². The van der Waals surface area contributed by atoms with E-state index in [-0.39, 0.29) is 83.1 Å². The third kappa shape index (κ3) is 5.45. The van der Waals surface area contributed by atoms with E-state index in [9.17, 15) is 10.2 Å². The molecule has 1 aromatic heterocycles. The van der Waals surface area contributed by atoms with Gasteiger partial charge < -0.3 is 43.6 Å². The molecule has 92 heavy (non-hydrogen) atoms. The Hall–Kier alpha value is -4.55. The number of aliphatic hydroxyl groups is 3. The van der Waals surface area contributed by atoms with Crippen molar-refractivity contribution >= 4 is 17.7 Å². The number of nitrogens with zero attached hydrogens (tertiary/aromatic N) is 1. The number of hydrogen-bond donors (Lipinski definition) is 4. The van der Waals surface area contributed by atoms with Gasteiger partial charge in [0.25, 0.3) is 0 Å². The number of carbonyl (C=O) groups excluding carboxylic acids is 3. The third-order valence-corrected chi connectivity index (χ3v) is 34.1. The highest BCUT2D eigenvalue weighted by Gasteiger charge is 3.04. The predicted molar refractivity (Wildman–Crippen MR) is 334 cm³/mol. The minimum Gasteiger partial charge on any atom is -0.469 e. The van der Waals surface area contributed by atoms with Crippen molar-refractivity contribution in [3.8, 4) is 11.8 Å². The summed E-state index contributed by atoms with van der Waals surface area (Å²) in [7, 11) is 0. The number of ether oxygens (including phenoxy) is 4. The van der Waals surface area contributed by atoms with Crippen LogP contribution < -0.4 is 5.32 Å². The maximum atomic E-state index is 17.7. The van der Waals surface area contributed by atoms with Crippen molar-refractivity contribution in [2.75, 3.05) is 26.4 Å². The molecule has 7 aliphatic heterocycles. The number of hydrogen-bond acceptors (Lipinski definition) is 13. The van der Waals surface area contributed by atoms with Crippen molar-refractivity contribution < 1.29 is 53.1 Å². The maximum Gasteiger partial charge on any atom is 0.339 e. The molecule has 29 unspecified atom stereocenters. The molecule has 15 fully saturated rings. The fourth-order valence-corrected chi connectivity index (χ4v) is 32.5. The molecule has 20 aliphatic rings. The summed E-state index contributed by atoms with van der Waals surface area (Å²) in [5.74, 6) is 7.06. The van der Waals surface area contributed by atoms with Gasteiger partial charge in [-0.1, -0.05) is 86.2 Å². The molecule has 0 radical (unpaired) electrons. The Bertz CT molecular complexity index is 3820. The van der Waals surface area contributed by atoms with Crippen LogP contribution in [-0.2, 0) is 58.2 Å². The van der Waals surface area contributed by atoms with E-state index in [1.165, 1.54) is 43.2 Å². The van der Waals surface area contributed by atoms with E-state index in [0.29, 0.717) is 68.1 Å². The van der Waals surface area contributed by atoms with Gasteiger partial charge in [0.15, 0.2) is 17.5 Å². The molecule has 29 atom stereocenters. The van der Waals surface area contributed by atoms with E-state index >= 15 is 19.5 Å². The van der Waals surface area contributed by atoms with Crippen molar-refractivity contribution in [2.24, 2.45) is 127 Å². The Kier molecular flexibility index (Phi) is 10.5. The molecule has 4 N–H and O–H groups in total. The fraction of sp³-hybridized carbons (Fsp3) is 0.734. The number of nitrogens with one attached hydrogen (secondary N) is 1. The van der Waals surface area contributed by atoms with Crippen LogP contribution >= 0.6 is 0 Å². The van der Waals surface area contributed by atoms with Gasteiger partial charge in [-0.3, -0.25) is 14.9 Å². The molecule has 5 saturated heterocycles. The first-order valence-corrected chi connectivity index (χ1v) is 37.1. The monoisotopic (exact) mass is 1240 g/mol. The average Bonchev–Trinajstić information content (AvgIpc) is 1.39. The van der Waals surface area contributed by atoms with Crippen LogP contribution in [0.1, 0.15) is 158 Å². The molecule has 10 bridgehead atoms. The highest BCUT2D eigenvalue weighted by Crippen LogP contribution is 2.98. The number of cyclic esters (lactones) is 1. The lowest BCUT2D eigenvalue weighted by molar-refractivity contribution is -0.325. The standard InChI is InChI=1S/C79H92N2O11/c1-69-25-20-50-34-51-33-49-21-26-74-68(87)89-40-73(78(50,74)92-69)63-54(55-18-19-60-71(23-6-7-24-71)27-28-72(49,60)76(51,55)74)36-70(2)77-48(16-13-47-39-88-59(61(47)77)35-53(58(83)38-82)45-14-17-52-46(32-45)22-29-81-41-80-37-57(52)81)15-12-44-11-10-43(30-42-8-4-3-5-9-42)31-56(44)75(63,65(85)62(84)64(69)73)79(70)66(90-79)67(86)91-77/h3-5,8-9,20-22,26,29,39,43-46,48-49,51-58,60,63-66,80,82-83,85H,6-7,10-11,13-14,16-19,23-25,27-28,30-38,40-41H2,1-2H3. The molecule has 9 spiro atoms. The van der Waals surface area contributed by atoms with Gasteiger partial charge in [0.05, 0.1) is 48.5 Å². The molecule has 13 aliphatic carbocycles. The summed E-state index contributed by atoms with van der Waals surface area (Å²) >= 11 is 0. The lowest BCUT2D eigenvalue weighted by atomic mass is 9.27. The summed E-state index contributed by atoms with van der Waals surface area (Å²) in [6, 6.07) is 11.3. The summed E-state index contributed by atoms with van der Waals surface area (Å²) in [6.07, 6.45) is 30.3. The molecule has 0 amide bonds. The predicted octanol–water partition coefficient (Wildman–Crippen LogP) is 9.88. The molecule has 484 valence electrons. The minimum atomic E-state index is -1.57. The van der Waals surface area contributed by atoms with Crippen LogP contribution in [0.4, 0.5) is 0 Å². The number of carbonyl (C=O) groups is 3. The Morgan fingerprint density at radius 3 is 2.63 bits per heavy atom. The number of aryl methyl sites for hydroxylation is 1. The molecule has 2 aromatic rings. The van der Waals surface area contributed by atoms with E-state index in [2.05, 4.69) is 96.7 Å². The van der Waals surface area contributed by atoms with E-state index in [1.807, 2.05) is 6.26 Å². The first kappa shape index (κ1) is 55.6. The zero-order valence-electron chi connectivity index (χ0n) is 53.8. The molecule has 22 rings (SSSR count). The minimum absolute atomic E-state index is 0.0167. The van der Waals surface area contributed by atoms with E-state index in [1.54, 1.807) is 0 Å². The van der Waals surface area contributed by atoms with Crippen LogP contribution in [0.25, 0.3) is 0 Å². The molecule has 13 nitrogen and oxygen atoms in total. The number of aliphatic hydroxyl groups excluding tert-OH is 3. The van der Waals surface area contributed by atoms with Crippen LogP contribution in [0.3, 0.4) is 0 Å². The second-order valence-electron chi connectivity index (χ2n) is 35.6. The number of allylic oxidation sites excluding steroid dienone is 2. The van der Waals surface area contributed by atoms with E-state index in [4.69, 9.17) is 23.4 Å². The van der Waals surface area contributed by atoms with Gasteiger partial charge in [-0.2, -0.15) is 0 Å². The summed E-state index contributed by atoms with van der Waals surface area (Å²) in [6.45, 7) is 6.04. The molecular formula is C79H92N2O11. The first-order valence-electron chi connectivity index (χ1n) is 37.1. The Morgan fingerprint density at radius 2 is 1.77 bits per heavy atom. The highest BCUT2D eigenvalue weighted by atomic mass is 16.7. The number of Topliss-reactive ketones (excluding diaryl/α,β-unsaturated/α-hetero) is 1. The number of epoxide rings is 1. The Balaban J connectivity index is 0.816. The van der Waals surface area contributed by atoms with Gasteiger partial charge in [0.1, 0.15) is 35.1 Å². The van der Waals surface area contributed by atoms with Crippen molar-refractivity contribution in [3.05, 3.63) is 95.1 Å². The number of rotatable bonds is 7. The largest absolute Gasteiger partial charge is 0.469 e. The highest BCUT2D eigenvalue weighted by molar-refractivity contribution is 5.96. The summed E-state index contributed by atoms with van der Waals surface area (Å²) in [5.41, 5.74) is -6.51. The van der Waals surface area contributed by atoms with Gasteiger partial charge in [-0.25, -0.2) is 4.79 Å². The van der Waals surface area contributed by atoms with Crippen molar-refractivity contribution in [2.45, 2.75) is 202 Å². The number of fused-ring (bicyclic) bond motifs is 9. The lowest BCUT2D eigenvalue weighted by Gasteiger charge is -2.75. The number of benzene rings is 1. The summed E-state index contributed by atoms with van der Waals surface area (Å²) < 4.78 is 39.0. The SMILES string of the molecule is CC12CC=C3CC4CC5C=CC67C(=O)OCC8(C1C(=O)C(O)C19C%10CC(Cc%11ccccc%11)CCC%10C#CC%10CCc%11coc(CC(C(O)CO)C%12CCC%13C(C=CN%14CNCC%13%14)C%12)c%11C%10%11OC(=O)C%10OC%101C%11(C)CC(C89)C1CCC8C9(CCCC9)CCC58C416)C37O2. The van der Waals surface area contributed by atoms with Crippen molar-refractivity contribution in [3.63, 3.8) is 0 Å². The summed E-state index contributed by atoms with van der Waals surface area (Å²) in [5, 5.41) is 42.4. The molecular weight excluding hydrogens is 1150 g/mol. The zero-order chi connectivity index (χ0) is 61.5. The smallest absolute Gasteiger partial charge is 0.339 e.